The molecule has 5 nitrogen and oxygen atoms in total. The van der Waals surface area contributed by atoms with Crippen LogP contribution in [0.1, 0.15) is 18.1 Å². The highest BCUT2D eigenvalue weighted by molar-refractivity contribution is 9.10. The maximum Gasteiger partial charge on any atom is 0.266 e. The maximum atomic E-state index is 12.8. The molecule has 0 bridgehead atoms. The van der Waals surface area contributed by atoms with Crippen molar-refractivity contribution in [3.8, 4) is 17.6 Å². The number of benzene rings is 4. The number of fused-ring (bicyclic) bond motifs is 1. The molecule has 0 saturated heterocycles. The van der Waals surface area contributed by atoms with Crippen LogP contribution in [0, 0.1) is 11.3 Å². The molecular weight excluding hydrogens is 575 g/mol. The number of nitrogens with zero attached hydrogens (tertiary/aromatic N) is 1. The van der Waals surface area contributed by atoms with E-state index in [9.17, 15) is 10.1 Å². The Morgan fingerprint density at radius 2 is 1.73 bits per heavy atom. The van der Waals surface area contributed by atoms with E-state index in [2.05, 4.69) is 39.4 Å². The van der Waals surface area contributed by atoms with E-state index >= 15 is 0 Å². The van der Waals surface area contributed by atoms with Crippen LogP contribution >= 0.6 is 39.1 Å². The molecule has 1 N–H and O–H groups in total. The van der Waals surface area contributed by atoms with E-state index in [1.807, 2.05) is 37.3 Å². The summed E-state index contributed by atoms with van der Waals surface area (Å²) in [7, 11) is 0. The normalized spacial score (nSPS) is 11.2. The van der Waals surface area contributed by atoms with Gasteiger partial charge in [-0.3, -0.25) is 4.79 Å². The minimum absolute atomic E-state index is 0.130. The topological polar surface area (TPSA) is 71.3 Å². The standard InChI is InChI=1S/C29H21BrCl2N2O3/c1-2-36-26-15-18(13-21(16-33)29(35)34-27-24(31)11-6-12-25(27)32)14-23(30)28(26)37-17-20-9-5-8-19-7-3-4-10-22(19)20/h3-15H,2,17H2,1H3,(H,34,35)/b21-13+. The van der Waals surface area contributed by atoms with E-state index in [1.165, 1.54) is 6.08 Å². The van der Waals surface area contributed by atoms with Crippen LogP contribution in [-0.4, -0.2) is 12.5 Å². The van der Waals surface area contributed by atoms with E-state index in [0.29, 0.717) is 34.7 Å². The van der Waals surface area contributed by atoms with Gasteiger partial charge in [-0.1, -0.05) is 71.7 Å². The SMILES string of the molecule is CCOc1cc(/C=C(\C#N)C(=O)Nc2c(Cl)cccc2Cl)cc(Br)c1OCc1cccc2ccccc12. The maximum absolute atomic E-state index is 12.8. The zero-order valence-electron chi connectivity index (χ0n) is 19.7. The molecule has 0 atom stereocenters. The number of hydrogen-bond acceptors (Lipinski definition) is 4. The third-order valence-electron chi connectivity index (χ3n) is 5.46. The molecule has 0 aliphatic rings. The molecule has 0 saturated carbocycles. The molecule has 1 amide bonds. The van der Waals surface area contributed by atoms with Gasteiger partial charge in [0.05, 0.1) is 26.8 Å². The summed E-state index contributed by atoms with van der Waals surface area (Å²) in [6.07, 6.45) is 1.46. The molecule has 8 heteroatoms. The van der Waals surface area contributed by atoms with Crippen molar-refractivity contribution in [3.05, 3.63) is 104 Å². The number of amides is 1. The lowest BCUT2D eigenvalue weighted by Crippen LogP contribution is -2.14. The van der Waals surface area contributed by atoms with Crippen molar-refractivity contribution in [1.29, 1.82) is 5.26 Å². The first-order valence-electron chi connectivity index (χ1n) is 11.3. The molecule has 0 aliphatic heterocycles. The van der Waals surface area contributed by atoms with Crippen LogP contribution in [0.15, 0.2) is 82.8 Å². The van der Waals surface area contributed by atoms with Gasteiger partial charge in [-0.25, -0.2) is 0 Å². The largest absolute Gasteiger partial charge is 0.490 e. The van der Waals surface area contributed by atoms with Crippen molar-refractivity contribution < 1.29 is 14.3 Å². The van der Waals surface area contributed by atoms with Gasteiger partial charge in [0, 0.05) is 0 Å². The van der Waals surface area contributed by atoms with E-state index in [1.54, 1.807) is 30.3 Å². The van der Waals surface area contributed by atoms with Gasteiger partial charge >= 0.3 is 0 Å². The van der Waals surface area contributed by atoms with Crippen molar-refractivity contribution >= 4 is 67.6 Å². The predicted octanol–water partition coefficient (Wildman–Crippen LogP) is 8.43. The van der Waals surface area contributed by atoms with Gasteiger partial charge in [-0.15, -0.1) is 0 Å². The summed E-state index contributed by atoms with van der Waals surface area (Å²) in [5.74, 6) is 0.371. The highest BCUT2D eigenvalue weighted by atomic mass is 79.9. The van der Waals surface area contributed by atoms with Crippen LogP contribution in [0.2, 0.25) is 10.0 Å². The molecular formula is C29H21BrCl2N2O3. The lowest BCUT2D eigenvalue weighted by Gasteiger charge is -2.16. The number of carbonyl (C=O) groups excluding carboxylic acids is 1. The molecule has 0 aliphatic carbocycles. The summed E-state index contributed by atoms with van der Waals surface area (Å²) in [5, 5.41) is 15.0. The number of rotatable bonds is 8. The highest BCUT2D eigenvalue weighted by Gasteiger charge is 2.17. The quantitative estimate of drug-likeness (QED) is 0.164. The molecule has 4 aromatic carbocycles. The van der Waals surface area contributed by atoms with Gasteiger partial charge in [0.2, 0.25) is 0 Å². The highest BCUT2D eigenvalue weighted by Crippen LogP contribution is 2.38. The Morgan fingerprint density at radius 3 is 2.46 bits per heavy atom. The lowest BCUT2D eigenvalue weighted by molar-refractivity contribution is -0.112. The molecule has 0 fully saturated rings. The van der Waals surface area contributed by atoms with Crippen LogP contribution in [0.4, 0.5) is 5.69 Å². The van der Waals surface area contributed by atoms with Crippen molar-refractivity contribution in [3.63, 3.8) is 0 Å². The minimum atomic E-state index is -0.636. The van der Waals surface area contributed by atoms with Gasteiger partial charge in [0.1, 0.15) is 18.2 Å². The summed E-state index contributed by atoms with van der Waals surface area (Å²) in [5.41, 5.74) is 1.72. The molecule has 0 aromatic heterocycles. The Balaban J connectivity index is 1.61. The molecule has 4 aromatic rings. The molecule has 0 spiro atoms. The Labute approximate surface area is 233 Å². The molecule has 0 heterocycles. The number of carbonyl (C=O) groups is 1. The number of para-hydroxylation sites is 1. The van der Waals surface area contributed by atoms with Crippen molar-refractivity contribution in [1.82, 2.24) is 0 Å². The molecule has 186 valence electrons. The average Bonchev–Trinajstić information content (AvgIpc) is 2.89. The second-order valence-electron chi connectivity index (χ2n) is 7.91. The monoisotopic (exact) mass is 594 g/mol. The summed E-state index contributed by atoms with van der Waals surface area (Å²) < 4.78 is 12.6. The van der Waals surface area contributed by atoms with Crippen LogP contribution in [-0.2, 0) is 11.4 Å². The zero-order chi connectivity index (χ0) is 26.4. The Morgan fingerprint density at radius 1 is 1.03 bits per heavy atom. The number of hydrogen-bond donors (Lipinski definition) is 1. The first-order valence-corrected chi connectivity index (χ1v) is 12.9. The Hall–Kier alpha value is -3.50. The zero-order valence-corrected chi connectivity index (χ0v) is 22.8. The van der Waals surface area contributed by atoms with Gasteiger partial charge in [-0.05, 0) is 75.1 Å². The molecule has 0 radical (unpaired) electrons. The summed E-state index contributed by atoms with van der Waals surface area (Å²) in [6.45, 7) is 2.60. The number of ether oxygens (including phenoxy) is 2. The minimum Gasteiger partial charge on any atom is -0.490 e. The second kappa shape index (κ2) is 12.2. The first kappa shape index (κ1) is 26.6. The Kier molecular flexibility index (Phi) is 8.73. The second-order valence-corrected chi connectivity index (χ2v) is 9.58. The van der Waals surface area contributed by atoms with Gasteiger partial charge in [0.15, 0.2) is 11.5 Å². The number of nitriles is 1. The fourth-order valence-electron chi connectivity index (χ4n) is 3.76. The average molecular weight is 596 g/mol. The number of halogens is 3. The van der Waals surface area contributed by atoms with Crippen LogP contribution in [0.5, 0.6) is 11.5 Å². The van der Waals surface area contributed by atoms with Crippen LogP contribution in [0.25, 0.3) is 16.8 Å². The van der Waals surface area contributed by atoms with E-state index in [0.717, 1.165) is 16.3 Å². The van der Waals surface area contributed by atoms with Crippen molar-refractivity contribution in [2.45, 2.75) is 13.5 Å². The van der Waals surface area contributed by atoms with E-state index in [-0.39, 0.29) is 21.3 Å². The summed E-state index contributed by atoms with van der Waals surface area (Å²) >= 11 is 15.8. The third kappa shape index (κ3) is 6.26. The van der Waals surface area contributed by atoms with Crippen LogP contribution in [0.3, 0.4) is 0 Å². The third-order valence-corrected chi connectivity index (χ3v) is 6.68. The lowest BCUT2D eigenvalue weighted by atomic mass is 10.1. The molecule has 0 unspecified atom stereocenters. The molecule has 4 rings (SSSR count). The molecule has 37 heavy (non-hydrogen) atoms. The Bertz CT molecular complexity index is 1520. The fourth-order valence-corrected chi connectivity index (χ4v) is 4.82. The van der Waals surface area contributed by atoms with E-state index < -0.39 is 5.91 Å². The van der Waals surface area contributed by atoms with Gasteiger partial charge in [-0.2, -0.15) is 5.26 Å². The van der Waals surface area contributed by atoms with Gasteiger partial charge < -0.3 is 14.8 Å². The fraction of sp³-hybridized carbons (Fsp3) is 0.103. The van der Waals surface area contributed by atoms with Crippen molar-refractivity contribution in [2.75, 3.05) is 11.9 Å². The van der Waals surface area contributed by atoms with Crippen molar-refractivity contribution in [2.24, 2.45) is 0 Å². The van der Waals surface area contributed by atoms with E-state index in [4.69, 9.17) is 32.7 Å². The predicted molar refractivity (Wildman–Crippen MR) is 152 cm³/mol. The summed E-state index contributed by atoms with van der Waals surface area (Å²) in [4.78, 5) is 12.8. The number of anilines is 1. The number of nitrogens with one attached hydrogen (secondary N) is 1. The first-order chi connectivity index (χ1) is 17.9. The smallest absolute Gasteiger partial charge is 0.266 e. The van der Waals surface area contributed by atoms with Gasteiger partial charge in [0.25, 0.3) is 5.91 Å². The van der Waals surface area contributed by atoms with Crippen LogP contribution < -0.4 is 14.8 Å². The summed E-state index contributed by atoms with van der Waals surface area (Å²) in [6, 6.07) is 24.5.